The van der Waals surface area contributed by atoms with Crippen LogP contribution in [0.15, 0.2) is 63.1 Å². The third-order valence-electron chi connectivity index (χ3n) is 5.21. The minimum atomic E-state index is -3.52. The number of imidazole rings is 1. The molecular formula is C21H21N5O3S2. The van der Waals surface area contributed by atoms with Crippen molar-refractivity contribution in [1.82, 2.24) is 24.5 Å². The number of sulfonamides is 1. The second-order valence-corrected chi connectivity index (χ2v) is 10.2. The fourth-order valence-electron chi connectivity index (χ4n) is 3.63. The van der Waals surface area contributed by atoms with Crippen molar-refractivity contribution < 1.29 is 12.8 Å². The number of hydrogen-bond acceptors (Lipinski definition) is 7. The molecule has 0 bridgehead atoms. The first-order chi connectivity index (χ1) is 15.1. The van der Waals surface area contributed by atoms with Gasteiger partial charge in [-0.2, -0.15) is 4.31 Å². The van der Waals surface area contributed by atoms with E-state index in [1.165, 1.54) is 11.8 Å². The van der Waals surface area contributed by atoms with Crippen LogP contribution in [0, 0.1) is 0 Å². The summed E-state index contributed by atoms with van der Waals surface area (Å²) in [5.41, 5.74) is 2.48. The van der Waals surface area contributed by atoms with Gasteiger partial charge in [0.1, 0.15) is 5.82 Å². The summed E-state index contributed by atoms with van der Waals surface area (Å²) in [5.74, 6) is 1.67. The highest BCUT2D eigenvalue weighted by Gasteiger charge is 2.26. The molecular weight excluding hydrogens is 434 g/mol. The van der Waals surface area contributed by atoms with Gasteiger partial charge in [-0.1, -0.05) is 36.4 Å². The molecule has 31 heavy (non-hydrogen) atoms. The third kappa shape index (κ3) is 4.23. The van der Waals surface area contributed by atoms with Crippen molar-refractivity contribution in [1.29, 1.82) is 0 Å². The minimum absolute atomic E-state index is 0.251. The first kappa shape index (κ1) is 20.2. The van der Waals surface area contributed by atoms with Crippen molar-refractivity contribution in [2.45, 2.75) is 35.1 Å². The first-order valence-electron chi connectivity index (χ1n) is 10.1. The fourth-order valence-corrected chi connectivity index (χ4v) is 5.83. The van der Waals surface area contributed by atoms with E-state index in [1.807, 2.05) is 24.3 Å². The molecule has 8 nitrogen and oxygen atoms in total. The molecule has 0 aliphatic carbocycles. The maximum Gasteiger partial charge on any atom is 0.277 e. The minimum Gasteiger partial charge on any atom is -0.411 e. The molecule has 1 saturated heterocycles. The predicted molar refractivity (Wildman–Crippen MR) is 118 cm³/mol. The van der Waals surface area contributed by atoms with Gasteiger partial charge in [0.15, 0.2) is 0 Å². The summed E-state index contributed by atoms with van der Waals surface area (Å²) in [4.78, 5) is 8.06. The smallest absolute Gasteiger partial charge is 0.277 e. The number of fused-ring (bicyclic) bond motifs is 1. The van der Waals surface area contributed by atoms with Crippen LogP contribution in [0.25, 0.3) is 22.5 Å². The number of H-pyrrole nitrogens is 1. The summed E-state index contributed by atoms with van der Waals surface area (Å²) in [6, 6.07) is 14.5. The Labute approximate surface area is 184 Å². The number of aromatic amines is 1. The Kier molecular flexibility index (Phi) is 5.51. The maximum absolute atomic E-state index is 13.0. The van der Waals surface area contributed by atoms with Gasteiger partial charge in [0, 0.05) is 18.7 Å². The Hall–Kier alpha value is -2.69. The van der Waals surface area contributed by atoms with Crippen LogP contribution < -0.4 is 0 Å². The summed E-state index contributed by atoms with van der Waals surface area (Å²) in [6.45, 7) is 1.13. The number of piperidine rings is 1. The van der Waals surface area contributed by atoms with E-state index in [2.05, 4.69) is 20.2 Å². The zero-order chi connectivity index (χ0) is 21.3. The van der Waals surface area contributed by atoms with Gasteiger partial charge in [-0.3, -0.25) is 0 Å². The molecule has 4 aromatic rings. The topological polar surface area (TPSA) is 105 Å². The largest absolute Gasteiger partial charge is 0.411 e. The molecule has 5 rings (SSSR count). The summed E-state index contributed by atoms with van der Waals surface area (Å²) in [6.07, 6.45) is 2.87. The van der Waals surface area contributed by atoms with Crippen LogP contribution in [-0.2, 0) is 15.8 Å². The van der Waals surface area contributed by atoms with Crippen LogP contribution in [0.1, 0.15) is 25.1 Å². The van der Waals surface area contributed by atoms with Crippen molar-refractivity contribution in [2.24, 2.45) is 0 Å². The Balaban J connectivity index is 1.32. The second-order valence-electron chi connectivity index (χ2n) is 7.36. The van der Waals surface area contributed by atoms with E-state index in [1.54, 1.807) is 28.6 Å². The van der Waals surface area contributed by atoms with Gasteiger partial charge < -0.3 is 9.40 Å². The molecule has 0 radical (unpaired) electrons. The van der Waals surface area contributed by atoms with Crippen LogP contribution in [0.2, 0.25) is 0 Å². The number of thioether (sulfide) groups is 1. The number of rotatable bonds is 6. The van der Waals surface area contributed by atoms with Crippen molar-refractivity contribution in [2.75, 3.05) is 13.1 Å². The van der Waals surface area contributed by atoms with Gasteiger partial charge in [0.2, 0.25) is 15.9 Å². The van der Waals surface area contributed by atoms with Gasteiger partial charge in [0.25, 0.3) is 5.22 Å². The number of hydrogen-bond donors (Lipinski definition) is 1. The van der Waals surface area contributed by atoms with Crippen LogP contribution >= 0.6 is 11.8 Å². The normalized spacial score (nSPS) is 15.5. The summed E-state index contributed by atoms with van der Waals surface area (Å²) >= 11 is 1.38. The van der Waals surface area contributed by atoms with Gasteiger partial charge in [-0.25, -0.2) is 13.4 Å². The highest BCUT2D eigenvalue weighted by Crippen LogP contribution is 2.28. The lowest BCUT2D eigenvalue weighted by atomic mass is 10.2. The number of nitrogens with one attached hydrogen (secondary N) is 1. The molecule has 0 spiro atoms. The SMILES string of the molecule is O=S(=O)(c1cccc(-c2nnc(SCc3nc4ccccc4[nH]3)o2)c1)N1CCCCC1. The van der Waals surface area contributed by atoms with Gasteiger partial charge >= 0.3 is 0 Å². The van der Waals surface area contributed by atoms with Crippen molar-refractivity contribution >= 4 is 32.8 Å². The molecule has 0 saturated carbocycles. The zero-order valence-electron chi connectivity index (χ0n) is 16.7. The first-order valence-corrected chi connectivity index (χ1v) is 12.5. The molecule has 0 amide bonds. The predicted octanol–water partition coefficient (Wildman–Crippen LogP) is 4.08. The number of nitrogens with zero attached hydrogens (tertiary/aromatic N) is 4. The van der Waals surface area contributed by atoms with E-state index >= 15 is 0 Å². The number of aromatic nitrogens is 4. The van der Waals surface area contributed by atoms with E-state index in [0.717, 1.165) is 36.1 Å². The van der Waals surface area contributed by atoms with Crippen molar-refractivity contribution in [3.8, 4) is 11.5 Å². The van der Waals surface area contributed by atoms with E-state index in [4.69, 9.17) is 4.42 Å². The molecule has 1 fully saturated rings. The van der Waals surface area contributed by atoms with Gasteiger partial charge in [0.05, 0.1) is 21.7 Å². The summed E-state index contributed by atoms with van der Waals surface area (Å²) in [7, 11) is -3.52. The highest BCUT2D eigenvalue weighted by atomic mass is 32.2. The summed E-state index contributed by atoms with van der Waals surface area (Å²) in [5, 5.41) is 8.59. The molecule has 10 heteroatoms. The Morgan fingerprint density at radius 3 is 2.71 bits per heavy atom. The van der Waals surface area contributed by atoms with Crippen molar-refractivity contribution in [3.63, 3.8) is 0 Å². The van der Waals surface area contributed by atoms with Gasteiger partial charge in [-0.05, 0) is 43.2 Å². The Morgan fingerprint density at radius 2 is 1.87 bits per heavy atom. The quantitative estimate of drug-likeness (QED) is 0.437. The van der Waals surface area contributed by atoms with Crippen LogP contribution in [0.3, 0.4) is 0 Å². The Morgan fingerprint density at radius 1 is 1.03 bits per heavy atom. The van der Waals surface area contributed by atoms with E-state index in [-0.39, 0.29) is 4.90 Å². The van der Waals surface area contributed by atoms with E-state index in [9.17, 15) is 8.42 Å². The summed E-state index contributed by atoms with van der Waals surface area (Å²) < 4.78 is 33.2. The Bertz CT molecular complexity index is 1280. The highest BCUT2D eigenvalue weighted by molar-refractivity contribution is 7.98. The lowest BCUT2D eigenvalue weighted by molar-refractivity contribution is 0.346. The van der Waals surface area contributed by atoms with Gasteiger partial charge in [-0.15, -0.1) is 10.2 Å². The number of para-hydroxylation sites is 2. The molecule has 0 unspecified atom stereocenters. The van der Waals surface area contributed by atoms with E-state index in [0.29, 0.717) is 35.5 Å². The molecule has 1 N–H and O–H groups in total. The number of benzene rings is 2. The van der Waals surface area contributed by atoms with Crippen molar-refractivity contribution in [3.05, 3.63) is 54.4 Å². The molecule has 0 atom stereocenters. The van der Waals surface area contributed by atoms with Crippen LogP contribution in [-0.4, -0.2) is 46.0 Å². The average Bonchev–Trinajstić information content (AvgIpc) is 3.45. The lowest BCUT2D eigenvalue weighted by Gasteiger charge is -2.25. The lowest BCUT2D eigenvalue weighted by Crippen LogP contribution is -2.35. The molecule has 1 aliphatic rings. The third-order valence-corrected chi connectivity index (χ3v) is 7.94. The maximum atomic E-state index is 13.0. The molecule has 160 valence electrons. The van der Waals surface area contributed by atoms with Crippen LogP contribution in [0.4, 0.5) is 0 Å². The molecule has 1 aliphatic heterocycles. The molecule has 2 aromatic carbocycles. The monoisotopic (exact) mass is 455 g/mol. The molecule has 2 aromatic heterocycles. The fraction of sp³-hybridized carbons (Fsp3) is 0.286. The second kappa shape index (κ2) is 8.45. The average molecular weight is 456 g/mol. The van der Waals surface area contributed by atoms with E-state index < -0.39 is 10.0 Å². The van der Waals surface area contributed by atoms with Crippen LogP contribution in [0.5, 0.6) is 0 Å². The molecule has 3 heterocycles. The standard InChI is InChI=1S/C21H21N5O3S2/c27-31(28,26-11-4-1-5-12-26)16-8-6-7-15(13-16)20-24-25-21(29-20)30-14-19-22-17-9-2-3-10-18(17)23-19/h2-3,6-10,13H,1,4-5,11-12,14H2,(H,22,23). The zero-order valence-corrected chi connectivity index (χ0v) is 18.3.